The highest BCUT2D eigenvalue weighted by atomic mass is 32.2. The number of nitrogens with two attached hydrogens (primary N) is 1. The molecule has 0 saturated heterocycles. The van der Waals surface area contributed by atoms with Crippen molar-refractivity contribution >= 4 is 27.2 Å². The fourth-order valence-electron chi connectivity index (χ4n) is 5.28. The van der Waals surface area contributed by atoms with Crippen molar-refractivity contribution in [3.8, 4) is 0 Å². The molecule has 170 valence electrons. The highest BCUT2D eigenvalue weighted by Gasteiger charge is 2.36. The van der Waals surface area contributed by atoms with Crippen LogP contribution in [0.4, 0.5) is 5.82 Å². The Morgan fingerprint density at radius 3 is 2.88 bits per heavy atom. The molecule has 0 amide bonds. The van der Waals surface area contributed by atoms with Gasteiger partial charge in [-0.15, -0.1) is 0 Å². The molecule has 3 aromatic rings. The van der Waals surface area contributed by atoms with Gasteiger partial charge in [-0.1, -0.05) is 24.3 Å². The third-order valence-electron chi connectivity index (χ3n) is 6.86. The highest BCUT2D eigenvalue weighted by Crippen LogP contribution is 2.41. The normalized spacial score (nSPS) is 25.3. The zero-order chi connectivity index (χ0) is 22.5. The second-order valence-corrected chi connectivity index (χ2v) is 9.97. The number of hydrogen-bond acceptors (Lipinski definition) is 7. The molecule has 0 bridgehead atoms. The maximum Gasteiger partial charge on any atom is 0.333 e. The molecule has 10 heteroatoms. The van der Waals surface area contributed by atoms with Crippen molar-refractivity contribution in [2.45, 2.75) is 43.9 Å². The summed E-state index contributed by atoms with van der Waals surface area (Å²) in [6.45, 7) is -0.125. The summed E-state index contributed by atoms with van der Waals surface area (Å²) in [4.78, 5) is 11.4. The van der Waals surface area contributed by atoms with Gasteiger partial charge in [-0.2, -0.15) is 8.42 Å². The minimum Gasteiger partial charge on any atom is -0.393 e. The first-order valence-corrected chi connectivity index (χ1v) is 12.3. The van der Waals surface area contributed by atoms with Crippen LogP contribution in [0.1, 0.15) is 42.5 Å². The van der Waals surface area contributed by atoms with Gasteiger partial charge in [0.1, 0.15) is 17.8 Å². The first-order chi connectivity index (χ1) is 15.3. The minimum absolute atomic E-state index is 0.0168. The molecule has 4 atom stereocenters. The number of fused-ring (bicyclic) bond motifs is 2. The third-order valence-corrected chi connectivity index (χ3v) is 7.33. The summed E-state index contributed by atoms with van der Waals surface area (Å²) in [6, 6.07) is 10.8. The van der Waals surface area contributed by atoms with E-state index in [-0.39, 0.29) is 24.6 Å². The molecule has 2 aliphatic rings. The van der Waals surface area contributed by atoms with Crippen LogP contribution in [0.2, 0.25) is 0 Å². The molecule has 9 nitrogen and oxygen atoms in total. The van der Waals surface area contributed by atoms with Crippen molar-refractivity contribution in [3.05, 3.63) is 54.0 Å². The lowest BCUT2D eigenvalue weighted by molar-refractivity contribution is 0.100. The molecule has 2 aromatic heterocycles. The van der Waals surface area contributed by atoms with Crippen molar-refractivity contribution in [3.63, 3.8) is 0 Å². The number of benzene rings is 1. The Hall–Kier alpha value is -2.53. The minimum atomic E-state index is -4.03. The van der Waals surface area contributed by atoms with Gasteiger partial charge in [0.25, 0.3) is 0 Å². The van der Waals surface area contributed by atoms with Crippen LogP contribution in [0.5, 0.6) is 0 Å². The molecular weight excluding hydrogens is 430 g/mol. The van der Waals surface area contributed by atoms with Crippen LogP contribution < -0.4 is 10.0 Å². The molecule has 5 rings (SSSR count). The van der Waals surface area contributed by atoms with Crippen molar-refractivity contribution in [1.82, 2.24) is 14.5 Å². The van der Waals surface area contributed by atoms with Crippen LogP contribution >= 0.6 is 0 Å². The Morgan fingerprint density at radius 1 is 1.25 bits per heavy atom. The number of rotatable bonds is 6. The Labute approximate surface area is 187 Å². The van der Waals surface area contributed by atoms with Crippen molar-refractivity contribution < 1.29 is 17.7 Å². The highest BCUT2D eigenvalue weighted by molar-refractivity contribution is 7.84. The fraction of sp³-hybridized carbons (Fsp3) is 0.455. The molecule has 3 N–H and O–H groups in total. The number of nitrogens with zero attached hydrogens (tertiary/aromatic N) is 4. The summed E-state index contributed by atoms with van der Waals surface area (Å²) < 4.78 is 29.0. The van der Waals surface area contributed by atoms with Gasteiger partial charge in [-0.25, -0.2) is 15.1 Å². The van der Waals surface area contributed by atoms with E-state index >= 15 is 0 Å². The van der Waals surface area contributed by atoms with Gasteiger partial charge in [0.2, 0.25) is 0 Å². The monoisotopic (exact) mass is 457 g/mol. The van der Waals surface area contributed by atoms with E-state index in [1.54, 1.807) is 6.33 Å². The van der Waals surface area contributed by atoms with Gasteiger partial charge in [-0.3, -0.25) is 4.18 Å². The molecule has 0 radical (unpaired) electrons. The lowest BCUT2D eigenvalue weighted by Crippen LogP contribution is -2.24. The lowest BCUT2D eigenvalue weighted by Gasteiger charge is -2.27. The largest absolute Gasteiger partial charge is 0.393 e. The van der Waals surface area contributed by atoms with E-state index in [1.807, 2.05) is 12.3 Å². The molecule has 0 spiro atoms. The summed E-state index contributed by atoms with van der Waals surface area (Å²) in [5.41, 5.74) is 3.54. The van der Waals surface area contributed by atoms with E-state index in [0.717, 1.165) is 29.7 Å². The van der Waals surface area contributed by atoms with Crippen LogP contribution in [0.3, 0.4) is 0 Å². The number of anilines is 1. The molecule has 0 aliphatic heterocycles. The topological polar surface area (TPSA) is 124 Å². The molecule has 1 unspecified atom stereocenters. The lowest BCUT2D eigenvalue weighted by atomic mass is 10.1. The predicted molar refractivity (Wildman–Crippen MR) is 120 cm³/mol. The molecule has 32 heavy (non-hydrogen) atoms. The van der Waals surface area contributed by atoms with Crippen LogP contribution in [0, 0.1) is 5.92 Å². The van der Waals surface area contributed by atoms with Gasteiger partial charge in [-0.05, 0) is 42.9 Å². The Kier molecular flexibility index (Phi) is 5.40. The van der Waals surface area contributed by atoms with Gasteiger partial charge in [0.05, 0.1) is 24.1 Å². The second kappa shape index (κ2) is 8.11. The summed E-state index contributed by atoms with van der Waals surface area (Å²) in [7, 11) is -1.95. The first-order valence-electron chi connectivity index (χ1n) is 10.8. The molecule has 2 aliphatic carbocycles. The SMILES string of the molecule is CN(c1ncnc2c1ccn2[C@@H]1C[C@@H](COS(N)(=O)=O)[C@@H](O)C1)C1CCc2ccccc21. The Balaban J connectivity index is 1.41. The predicted octanol–water partition coefficient (Wildman–Crippen LogP) is 2.09. The standard InChI is InChI=1S/C22H27N5O4S/c1-26(19-7-6-14-4-2-3-5-17(14)19)21-18-8-9-27(22(18)25-13-24-21)16-10-15(20(28)11-16)12-31-32(23,29)30/h2-5,8-9,13,15-16,19-20,28H,6-7,10-12H2,1H3,(H2,23,29,30)/t15-,16+,19?,20-/m0/s1. The Bertz CT molecular complexity index is 1240. The van der Waals surface area contributed by atoms with E-state index < -0.39 is 16.4 Å². The zero-order valence-corrected chi connectivity index (χ0v) is 18.6. The number of hydrogen-bond donors (Lipinski definition) is 2. The van der Waals surface area contributed by atoms with Gasteiger partial charge in [0, 0.05) is 25.2 Å². The van der Waals surface area contributed by atoms with E-state index in [4.69, 9.17) is 9.32 Å². The van der Waals surface area contributed by atoms with Gasteiger partial charge < -0.3 is 14.6 Å². The van der Waals surface area contributed by atoms with Gasteiger partial charge in [0.15, 0.2) is 0 Å². The smallest absolute Gasteiger partial charge is 0.333 e. The van der Waals surface area contributed by atoms with Crippen molar-refractivity contribution in [2.75, 3.05) is 18.6 Å². The van der Waals surface area contributed by atoms with Crippen LogP contribution in [-0.2, 0) is 20.9 Å². The second-order valence-electron chi connectivity index (χ2n) is 8.75. The molecular formula is C22H27N5O4S. The maximum atomic E-state index is 11.1. The van der Waals surface area contributed by atoms with Crippen molar-refractivity contribution in [1.29, 1.82) is 0 Å². The van der Waals surface area contributed by atoms with E-state index in [2.05, 4.69) is 50.7 Å². The molecule has 2 heterocycles. The Morgan fingerprint density at radius 2 is 2.06 bits per heavy atom. The molecule has 1 fully saturated rings. The molecule has 1 aromatic carbocycles. The first kappa shape index (κ1) is 21.3. The van der Waals surface area contributed by atoms with Crippen LogP contribution in [0.15, 0.2) is 42.9 Å². The van der Waals surface area contributed by atoms with Crippen molar-refractivity contribution in [2.24, 2.45) is 11.1 Å². The number of aromatic nitrogens is 3. The maximum absolute atomic E-state index is 11.1. The zero-order valence-electron chi connectivity index (χ0n) is 17.8. The average molecular weight is 458 g/mol. The quantitative estimate of drug-likeness (QED) is 0.581. The van der Waals surface area contributed by atoms with E-state index in [9.17, 15) is 13.5 Å². The van der Waals surface area contributed by atoms with Crippen LogP contribution in [0.25, 0.3) is 11.0 Å². The summed E-state index contributed by atoms with van der Waals surface area (Å²) in [6.07, 6.45) is 6.06. The summed E-state index contributed by atoms with van der Waals surface area (Å²) in [5, 5.41) is 16.3. The van der Waals surface area contributed by atoms with E-state index in [1.165, 1.54) is 11.1 Å². The summed E-state index contributed by atoms with van der Waals surface area (Å²) in [5.74, 6) is 0.567. The number of aryl methyl sites for hydroxylation is 1. The summed E-state index contributed by atoms with van der Waals surface area (Å²) >= 11 is 0. The third kappa shape index (κ3) is 3.88. The number of aliphatic hydroxyl groups excluding tert-OH is 1. The van der Waals surface area contributed by atoms with Gasteiger partial charge >= 0.3 is 10.3 Å². The number of aliphatic hydroxyl groups is 1. The van der Waals surface area contributed by atoms with E-state index in [0.29, 0.717) is 12.8 Å². The van der Waals surface area contributed by atoms with Crippen LogP contribution in [-0.4, -0.2) is 47.8 Å². The average Bonchev–Trinajstić information content (AvgIpc) is 3.47. The molecule has 1 saturated carbocycles. The fourth-order valence-corrected chi connectivity index (χ4v) is 5.64.